The van der Waals surface area contributed by atoms with Gasteiger partial charge in [0.1, 0.15) is 0 Å². The molecule has 0 amide bonds. The molecule has 3 rings (SSSR count). The van der Waals surface area contributed by atoms with Gasteiger partial charge >= 0.3 is 0 Å². The lowest BCUT2D eigenvalue weighted by Crippen LogP contribution is -2.45. The second-order valence-corrected chi connectivity index (χ2v) is 8.88. The van der Waals surface area contributed by atoms with Crippen molar-refractivity contribution in [2.75, 3.05) is 18.1 Å². The molecule has 0 bridgehead atoms. The fourth-order valence-corrected chi connectivity index (χ4v) is 4.90. The Hall–Kier alpha value is -0.540. The van der Waals surface area contributed by atoms with E-state index in [4.69, 9.17) is 11.6 Å². The van der Waals surface area contributed by atoms with Crippen LogP contribution in [0, 0.1) is 0 Å². The van der Waals surface area contributed by atoms with E-state index in [2.05, 4.69) is 21.7 Å². The maximum absolute atomic E-state index is 11.6. The third kappa shape index (κ3) is 5.23. The lowest BCUT2D eigenvalue weighted by atomic mass is 10.1. The molecular weight excluding hydrogens is 461 g/mol. The van der Waals surface area contributed by atoms with Crippen LogP contribution in [0.1, 0.15) is 31.2 Å². The average Bonchev–Trinajstić information content (AvgIpc) is 3.16. The summed E-state index contributed by atoms with van der Waals surface area (Å²) in [6.07, 6.45) is 1.68. The highest BCUT2D eigenvalue weighted by molar-refractivity contribution is 14.0. The third-order valence-corrected chi connectivity index (χ3v) is 6.28. The average molecular weight is 484 g/mol. The van der Waals surface area contributed by atoms with E-state index in [1.165, 1.54) is 5.56 Å². The number of hydrogen-bond acceptors (Lipinski definition) is 3. The molecule has 134 valence electrons. The Balaban J connectivity index is 0.00000208. The van der Waals surface area contributed by atoms with Gasteiger partial charge in [0, 0.05) is 29.6 Å². The fraction of sp³-hybridized carbons (Fsp3) is 0.562. The number of hydrogen-bond donors (Lipinski definition) is 2. The van der Waals surface area contributed by atoms with Gasteiger partial charge in [0.15, 0.2) is 15.8 Å². The number of halogens is 2. The first-order valence-electron chi connectivity index (χ1n) is 8.00. The summed E-state index contributed by atoms with van der Waals surface area (Å²) in [7, 11) is -2.89. The molecule has 2 fully saturated rings. The van der Waals surface area contributed by atoms with Crippen molar-refractivity contribution in [2.24, 2.45) is 4.99 Å². The van der Waals surface area contributed by atoms with E-state index in [-0.39, 0.29) is 41.5 Å². The van der Waals surface area contributed by atoms with Gasteiger partial charge in [0.05, 0.1) is 11.5 Å². The quantitative estimate of drug-likeness (QED) is 0.392. The normalized spacial score (nSPS) is 28.1. The summed E-state index contributed by atoms with van der Waals surface area (Å²) in [6.45, 7) is 2.62. The molecule has 1 heterocycles. The Morgan fingerprint density at radius 2 is 2.17 bits per heavy atom. The summed E-state index contributed by atoms with van der Waals surface area (Å²) in [5.41, 5.74) is 1.23. The molecular formula is C16H23ClIN3O2S. The molecule has 0 spiro atoms. The molecule has 24 heavy (non-hydrogen) atoms. The monoisotopic (exact) mass is 483 g/mol. The molecule has 0 aromatic heterocycles. The van der Waals surface area contributed by atoms with E-state index in [1.54, 1.807) is 0 Å². The largest absolute Gasteiger partial charge is 0.353 e. The van der Waals surface area contributed by atoms with Crippen LogP contribution in [0.2, 0.25) is 5.02 Å². The van der Waals surface area contributed by atoms with E-state index < -0.39 is 9.84 Å². The summed E-state index contributed by atoms with van der Waals surface area (Å²) >= 11 is 6.05. The summed E-state index contributed by atoms with van der Waals surface area (Å²) in [6, 6.07) is 8.22. The fourth-order valence-electron chi connectivity index (χ4n) is 3.03. The Kier molecular flexibility index (Phi) is 6.78. The van der Waals surface area contributed by atoms with Crippen molar-refractivity contribution in [3.63, 3.8) is 0 Å². The van der Waals surface area contributed by atoms with Crippen molar-refractivity contribution in [1.29, 1.82) is 0 Å². The Bertz CT molecular complexity index is 711. The number of rotatable bonds is 4. The minimum atomic E-state index is -2.89. The predicted octanol–water partition coefficient (Wildman–Crippen LogP) is 2.56. The molecule has 3 atom stereocenters. The SMILES string of the molecule is CCN=C(NC1CCS(=O)(=O)C1)NC1CC1c1cccc(Cl)c1.I. The van der Waals surface area contributed by atoms with Gasteiger partial charge in [-0.05, 0) is 37.5 Å². The summed E-state index contributed by atoms with van der Waals surface area (Å²) in [5, 5.41) is 7.43. The number of nitrogens with one attached hydrogen (secondary N) is 2. The summed E-state index contributed by atoms with van der Waals surface area (Å²) in [5.74, 6) is 1.60. The van der Waals surface area contributed by atoms with Gasteiger partial charge < -0.3 is 10.6 Å². The maximum Gasteiger partial charge on any atom is 0.191 e. The highest BCUT2D eigenvalue weighted by atomic mass is 127. The Labute approximate surface area is 165 Å². The first-order chi connectivity index (χ1) is 11.0. The highest BCUT2D eigenvalue weighted by Crippen LogP contribution is 2.41. The van der Waals surface area contributed by atoms with Crippen LogP contribution in [0.5, 0.6) is 0 Å². The molecule has 2 N–H and O–H groups in total. The van der Waals surface area contributed by atoms with Gasteiger partial charge in [0.25, 0.3) is 0 Å². The minimum Gasteiger partial charge on any atom is -0.353 e. The second kappa shape index (κ2) is 8.23. The van der Waals surface area contributed by atoms with Gasteiger partial charge in [-0.3, -0.25) is 4.99 Å². The van der Waals surface area contributed by atoms with Crippen LogP contribution in [0.4, 0.5) is 0 Å². The number of benzene rings is 1. The topological polar surface area (TPSA) is 70.6 Å². The molecule has 1 saturated heterocycles. The third-order valence-electron chi connectivity index (χ3n) is 4.28. The van der Waals surface area contributed by atoms with Gasteiger partial charge in [-0.1, -0.05) is 23.7 Å². The smallest absolute Gasteiger partial charge is 0.191 e. The van der Waals surface area contributed by atoms with Crippen LogP contribution in [-0.2, 0) is 9.84 Å². The predicted molar refractivity (Wildman–Crippen MR) is 109 cm³/mol. The molecule has 0 radical (unpaired) electrons. The van der Waals surface area contributed by atoms with Crippen molar-refractivity contribution in [3.8, 4) is 0 Å². The van der Waals surface area contributed by atoms with E-state index in [9.17, 15) is 8.42 Å². The maximum atomic E-state index is 11.6. The Morgan fingerprint density at radius 1 is 1.38 bits per heavy atom. The van der Waals surface area contributed by atoms with Gasteiger partial charge in [-0.2, -0.15) is 0 Å². The molecule has 1 aliphatic heterocycles. The van der Waals surface area contributed by atoms with Gasteiger partial charge in [-0.25, -0.2) is 8.42 Å². The van der Waals surface area contributed by atoms with Crippen LogP contribution in [0.25, 0.3) is 0 Å². The van der Waals surface area contributed by atoms with Crippen LogP contribution in [-0.4, -0.2) is 44.5 Å². The van der Waals surface area contributed by atoms with E-state index >= 15 is 0 Å². The van der Waals surface area contributed by atoms with Crippen LogP contribution >= 0.6 is 35.6 Å². The van der Waals surface area contributed by atoms with E-state index in [1.807, 2.05) is 25.1 Å². The number of guanidine groups is 1. The van der Waals surface area contributed by atoms with Crippen LogP contribution in [0.15, 0.2) is 29.3 Å². The standard InChI is InChI=1S/C16H22ClN3O2S.HI/c1-2-18-16(19-13-6-7-23(21,22)10-13)20-15-9-14(15)11-4-3-5-12(17)8-11;/h3-5,8,13-15H,2,6-7,9-10H2,1H3,(H2,18,19,20);1H. The molecule has 8 heteroatoms. The zero-order valence-corrected chi connectivity index (χ0v) is 17.4. The molecule has 1 aromatic rings. The van der Waals surface area contributed by atoms with Crippen molar-refractivity contribution in [1.82, 2.24) is 10.6 Å². The zero-order valence-electron chi connectivity index (χ0n) is 13.5. The summed E-state index contributed by atoms with van der Waals surface area (Å²) < 4.78 is 23.1. The van der Waals surface area contributed by atoms with Crippen LogP contribution < -0.4 is 10.6 Å². The van der Waals surface area contributed by atoms with Crippen molar-refractivity contribution in [3.05, 3.63) is 34.9 Å². The van der Waals surface area contributed by atoms with Gasteiger partial charge in [-0.15, -0.1) is 24.0 Å². The lowest BCUT2D eigenvalue weighted by molar-refractivity contribution is 0.599. The van der Waals surface area contributed by atoms with Gasteiger partial charge in [0.2, 0.25) is 0 Å². The zero-order chi connectivity index (χ0) is 16.4. The highest BCUT2D eigenvalue weighted by Gasteiger charge is 2.39. The molecule has 5 nitrogen and oxygen atoms in total. The minimum absolute atomic E-state index is 0. The lowest BCUT2D eigenvalue weighted by Gasteiger charge is -2.16. The van der Waals surface area contributed by atoms with E-state index in [0.29, 0.717) is 30.9 Å². The number of aliphatic imine (C=N–C) groups is 1. The van der Waals surface area contributed by atoms with Crippen LogP contribution in [0.3, 0.4) is 0 Å². The number of sulfone groups is 1. The molecule has 3 unspecified atom stereocenters. The van der Waals surface area contributed by atoms with Crippen molar-refractivity contribution in [2.45, 2.75) is 37.8 Å². The molecule has 1 aliphatic carbocycles. The van der Waals surface area contributed by atoms with Crippen molar-refractivity contribution >= 4 is 51.4 Å². The molecule has 1 saturated carbocycles. The van der Waals surface area contributed by atoms with Crippen molar-refractivity contribution < 1.29 is 8.42 Å². The number of nitrogens with zero attached hydrogens (tertiary/aromatic N) is 1. The molecule has 1 aromatic carbocycles. The summed E-state index contributed by atoms with van der Waals surface area (Å²) in [4.78, 5) is 4.43. The first kappa shape index (κ1) is 19.8. The Morgan fingerprint density at radius 3 is 2.79 bits per heavy atom. The molecule has 2 aliphatic rings. The second-order valence-electron chi connectivity index (χ2n) is 6.22. The first-order valence-corrected chi connectivity index (χ1v) is 10.2. The van der Waals surface area contributed by atoms with E-state index in [0.717, 1.165) is 11.4 Å².